The van der Waals surface area contributed by atoms with Gasteiger partial charge in [0, 0.05) is 12.4 Å². The van der Waals surface area contributed by atoms with Crippen molar-refractivity contribution >= 4 is 45.9 Å². The lowest BCUT2D eigenvalue weighted by atomic mass is 10.2. The van der Waals surface area contributed by atoms with E-state index in [2.05, 4.69) is 20.2 Å². The number of alkyl halides is 2. The monoisotopic (exact) mass is 378 g/mol. The van der Waals surface area contributed by atoms with E-state index >= 15 is 0 Å². The highest BCUT2D eigenvalue weighted by molar-refractivity contribution is 14.1. The molecule has 1 unspecified atom stereocenters. The van der Waals surface area contributed by atoms with Crippen LogP contribution in [0.2, 0.25) is 0 Å². The second-order valence-corrected chi connectivity index (χ2v) is 6.00. The molecule has 0 radical (unpaired) electrons. The van der Waals surface area contributed by atoms with E-state index in [0.29, 0.717) is 5.82 Å². The number of halogens is 2. The van der Waals surface area contributed by atoms with Crippen LogP contribution in [0, 0.1) is 0 Å². The highest BCUT2D eigenvalue weighted by atomic mass is 127. The maximum Gasteiger partial charge on any atom is 0.341 e. The van der Waals surface area contributed by atoms with Gasteiger partial charge < -0.3 is 4.74 Å². The Labute approximate surface area is 122 Å². The third-order valence-corrected chi connectivity index (χ3v) is 3.09. The van der Waals surface area contributed by atoms with Crippen molar-refractivity contribution in [3.8, 4) is 0 Å². The summed E-state index contributed by atoms with van der Waals surface area (Å²) in [6.07, 6.45) is 3.10. The summed E-state index contributed by atoms with van der Waals surface area (Å²) in [7, 11) is 0. The summed E-state index contributed by atoms with van der Waals surface area (Å²) in [5.74, 6) is -0.266. The van der Waals surface area contributed by atoms with Gasteiger partial charge in [0.1, 0.15) is 11.3 Å². The molecule has 94 valence electrons. The number of carbonyl (C=O) groups excluding carboxylic acids is 1. The van der Waals surface area contributed by atoms with Gasteiger partial charge in [-0.1, -0.05) is 11.6 Å². The molecule has 0 aliphatic carbocycles. The third kappa shape index (κ3) is 2.51. The molecule has 1 atom stereocenters. The first kappa shape index (κ1) is 13.3. The zero-order chi connectivity index (χ0) is 13.2. The van der Waals surface area contributed by atoms with Gasteiger partial charge in [0.25, 0.3) is 0 Å². The first-order valence-corrected chi connectivity index (χ1v) is 6.52. The molecule has 2 heterocycles. The zero-order valence-electron chi connectivity index (χ0n) is 9.30. The minimum absolute atomic E-state index is 0.151. The smallest absolute Gasteiger partial charge is 0.341 e. The van der Waals surface area contributed by atoms with E-state index in [0.717, 1.165) is 0 Å². The fourth-order valence-electron chi connectivity index (χ4n) is 1.36. The van der Waals surface area contributed by atoms with E-state index in [4.69, 9.17) is 16.3 Å². The molecule has 0 N–H and O–H groups in total. The molecule has 1 aromatic heterocycles. The van der Waals surface area contributed by atoms with Gasteiger partial charge in [-0.3, -0.25) is 0 Å². The van der Waals surface area contributed by atoms with Crippen molar-refractivity contribution in [2.45, 2.75) is 9.93 Å². The van der Waals surface area contributed by atoms with Gasteiger partial charge in [-0.05, 0) is 35.6 Å². The lowest BCUT2D eigenvalue weighted by Gasteiger charge is -2.12. The van der Waals surface area contributed by atoms with Gasteiger partial charge in [-0.15, -0.1) is 10.2 Å². The lowest BCUT2D eigenvalue weighted by Crippen LogP contribution is -2.20. The van der Waals surface area contributed by atoms with Crippen molar-refractivity contribution in [2.24, 2.45) is 10.2 Å². The Morgan fingerprint density at radius 2 is 2.17 bits per heavy atom. The number of nitrogens with zero attached hydrogens (tertiary/aromatic N) is 4. The molecular weight excluding hydrogens is 370 g/mol. The van der Waals surface area contributed by atoms with Crippen LogP contribution in [0.3, 0.4) is 0 Å². The quantitative estimate of drug-likeness (QED) is 0.350. The van der Waals surface area contributed by atoms with Crippen LogP contribution in [0.1, 0.15) is 12.7 Å². The van der Waals surface area contributed by atoms with Crippen molar-refractivity contribution in [1.29, 1.82) is 0 Å². The molecule has 18 heavy (non-hydrogen) atoms. The van der Waals surface area contributed by atoms with Crippen molar-refractivity contribution in [1.82, 2.24) is 9.97 Å². The fourth-order valence-corrected chi connectivity index (χ4v) is 2.14. The van der Waals surface area contributed by atoms with Crippen LogP contribution in [0.4, 0.5) is 0 Å². The summed E-state index contributed by atoms with van der Waals surface area (Å²) < 4.78 is 3.69. The molecule has 0 amide bonds. The van der Waals surface area contributed by atoms with Crippen LogP contribution in [-0.4, -0.2) is 25.5 Å². The number of ether oxygens (including phenoxy) is 1. The van der Waals surface area contributed by atoms with Crippen LogP contribution < -0.4 is 0 Å². The minimum Gasteiger partial charge on any atom is -0.462 e. The molecule has 0 aromatic carbocycles. The maximum atomic E-state index is 11.9. The Hall–Kier alpha value is -1.09. The van der Waals surface area contributed by atoms with Crippen molar-refractivity contribution in [2.75, 3.05) is 6.61 Å². The molecule has 1 aliphatic rings. The second-order valence-electron chi connectivity index (χ2n) is 3.26. The van der Waals surface area contributed by atoms with Gasteiger partial charge in [-0.25, -0.2) is 14.8 Å². The molecule has 0 spiro atoms. The van der Waals surface area contributed by atoms with Crippen molar-refractivity contribution in [3.63, 3.8) is 0 Å². The van der Waals surface area contributed by atoms with Crippen LogP contribution in [-0.2, 0) is 9.53 Å². The zero-order valence-corrected chi connectivity index (χ0v) is 12.2. The predicted molar refractivity (Wildman–Crippen MR) is 73.0 cm³/mol. The van der Waals surface area contributed by atoms with E-state index in [9.17, 15) is 4.79 Å². The van der Waals surface area contributed by atoms with E-state index in [1.165, 1.54) is 0 Å². The molecule has 0 fully saturated rings. The number of esters is 1. The van der Waals surface area contributed by atoms with E-state index in [1.807, 2.05) is 22.6 Å². The van der Waals surface area contributed by atoms with Crippen molar-refractivity contribution in [3.05, 3.63) is 29.9 Å². The first-order chi connectivity index (χ1) is 8.56. The highest BCUT2D eigenvalue weighted by Gasteiger charge is 2.43. The Kier molecular flexibility index (Phi) is 3.91. The molecule has 8 heteroatoms. The van der Waals surface area contributed by atoms with Gasteiger partial charge in [-0.2, -0.15) is 0 Å². The third-order valence-electron chi connectivity index (χ3n) is 2.07. The van der Waals surface area contributed by atoms with Crippen molar-refractivity contribution < 1.29 is 9.53 Å². The fraction of sp³-hybridized carbons (Fsp3) is 0.300. The molecule has 1 aromatic rings. The number of aromatic nitrogens is 2. The van der Waals surface area contributed by atoms with Crippen LogP contribution in [0.15, 0.2) is 34.3 Å². The number of rotatable bonds is 3. The molecule has 2 rings (SSSR count). The minimum atomic E-state index is -1.27. The molecular formula is C10H8ClIN4O2. The van der Waals surface area contributed by atoms with Crippen LogP contribution in [0.25, 0.3) is 5.70 Å². The summed E-state index contributed by atoms with van der Waals surface area (Å²) in [6.45, 7) is 1.96. The Bertz CT molecular complexity index is 530. The summed E-state index contributed by atoms with van der Waals surface area (Å²) in [5.41, 5.74) is 0.399. The standard InChI is InChI=1S/C10H8ClIN4O2/c1-2-18-9(17)6-7(15-16-10(6,11)12)8-13-4-3-5-14-8/h3-5H,2H2,1H3. The van der Waals surface area contributed by atoms with Gasteiger partial charge in [0.15, 0.2) is 5.82 Å². The number of hydrogen-bond donors (Lipinski definition) is 0. The lowest BCUT2D eigenvalue weighted by molar-refractivity contribution is -0.138. The number of azo groups is 1. The van der Waals surface area contributed by atoms with Gasteiger partial charge in [0.2, 0.25) is 3.00 Å². The maximum absolute atomic E-state index is 11.9. The summed E-state index contributed by atoms with van der Waals surface area (Å²) in [4.78, 5) is 20.0. The van der Waals surface area contributed by atoms with E-state index in [1.54, 1.807) is 25.4 Å². The predicted octanol–water partition coefficient (Wildman–Crippen LogP) is 2.54. The number of hydrogen-bond acceptors (Lipinski definition) is 6. The second kappa shape index (κ2) is 5.27. The molecule has 1 aliphatic heterocycles. The normalized spacial score (nSPS) is 22.4. The van der Waals surface area contributed by atoms with Gasteiger partial charge >= 0.3 is 5.97 Å². The van der Waals surface area contributed by atoms with E-state index in [-0.39, 0.29) is 17.9 Å². The van der Waals surface area contributed by atoms with Crippen LogP contribution in [0.5, 0.6) is 0 Å². The average Bonchev–Trinajstić information content (AvgIpc) is 2.66. The number of carbonyl (C=O) groups is 1. The first-order valence-electron chi connectivity index (χ1n) is 5.06. The molecule has 0 saturated heterocycles. The average molecular weight is 379 g/mol. The SMILES string of the molecule is CCOC(=O)C1=C(c2ncccn2)N=NC1(Cl)I. The Morgan fingerprint density at radius 3 is 2.78 bits per heavy atom. The Balaban J connectivity index is 2.50. The summed E-state index contributed by atoms with van der Waals surface area (Å²) in [5, 5.41) is 7.72. The van der Waals surface area contributed by atoms with Crippen LogP contribution >= 0.6 is 34.2 Å². The topological polar surface area (TPSA) is 76.8 Å². The van der Waals surface area contributed by atoms with Gasteiger partial charge in [0.05, 0.1) is 6.61 Å². The Morgan fingerprint density at radius 1 is 1.50 bits per heavy atom. The molecule has 0 saturated carbocycles. The molecule has 6 nitrogen and oxygen atoms in total. The molecule has 0 bridgehead atoms. The largest absolute Gasteiger partial charge is 0.462 e. The van der Waals surface area contributed by atoms with E-state index < -0.39 is 8.97 Å². The summed E-state index contributed by atoms with van der Waals surface area (Å²) >= 11 is 7.94. The summed E-state index contributed by atoms with van der Waals surface area (Å²) in [6, 6.07) is 1.66. The highest BCUT2D eigenvalue weighted by Crippen LogP contribution is 2.44.